The number of esters is 2. The van der Waals surface area contributed by atoms with Crippen molar-refractivity contribution in [2.24, 2.45) is 5.92 Å². The first-order valence-electron chi connectivity index (χ1n) is 8.80. The van der Waals surface area contributed by atoms with Gasteiger partial charge in [-0.2, -0.15) is 0 Å². The summed E-state index contributed by atoms with van der Waals surface area (Å²) in [5.41, 5.74) is 1.06. The predicted octanol–water partition coefficient (Wildman–Crippen LogP) is 1.58. The summed E-state index contributed by atoms with van der Waals surface area (Å²) in [6, 6.07) is 9.83. The summed E-state index contributed by atoms with van der Waals surface area (Å²) in [7, 11) is 0. The van der Waals surface area contributed by atoms with Gasteiger partial charge in [0.1, 0.15) is 24.4 Å². The SMILES string of the molecule is CC1(C)O[C@@H]2[C@H](O1)[C@@H](COCc1ccccc1)O[C@H]2C1CC(=O)OC1=O. The molecule has 0 bridgehead atoms. The second kappa shape index (κ2) is 6.74. The lowest BCUT2D eigenvalue weighted by atomic mass is 9.95. The number of carbonyl (C=O) groups is 2. The summed E-state index contributed by atoms with van der Waals surface area (Å²) < 4.78 is 28.4. The molecule has 7 nitrogen and oxygen atoms in total. The largest absolute Gasteiger partial charge is 0.393 e. The van der Waals surface area contributed by atoms with Crippen molar-refractivity contribution in [1.82, 2.24) is 0 Å². The molecule has 0 radical (unpaired) electrons. The van der Waals surface area contributed by atoms with E-state index in [1.165, 1.54) is 0 Å². The van der Waals surface area contributed by atoms with Crippen molar-refractivity contribution >= 4 is 11.9 Å². The molecular weight excluding hydrogens is 340 g/mol. The lowest BCUT2D eigenvalue weighted by Crippen LogP contribution is -2.37. The van der Waals surface area contributed by atoms with E-state index in [0.29, 0.717) is 13.2 Å². The Labute approximate surface area is 151 Å². The molecular formula is C19H22O7. The standard InChI is InChI=1S/C19H22O7/c1-19(2)25-16-13(10-22-9-11-6-4-3-5-7-11)23-15(17(16)26-19)12-8-14(20)24-18(12)21/h3-7,12-13,15-17H,8-10H2,1-2H3/t12?,13-,15+,16-,17+/m1/s1. The molecule has 0 amide bonds. The van der Waals surface area contributed by atoms with Crippen molar-refractivity contribution in [2.45, 2.75) is 57.1 Å². The molecule has 0 spiro atoms. The molecule has 1 aromatic carbocycles. The third-order valence-electron chi connectivity index (χ3n) is 4.88. The maximum atomic E-state index is 12.0. The highest BCUT2D eigenvalue weighted by Crippen LogP contribution is 2.43. The Morgan fingerprint density at radius 2 is 1.81 bits per heavy atom. The summed E-state index contributed by atoms with van der Waals surface area (Å²) in [6.45, 7) is 4.41. The first-order valence-corrected chi connectivity index (χ1v) is 8.80. The Kier molecular flexibility index (Phi) is 4.56. The van der Waals surface area contributed by atoms with E-state index in [4.69, 9.17) is 18.9 Å². The van der Waals surface area contributed by atoms with Crippen molar-refractivity contribution in [3.8, 4) is 0 Å². The zero-order valence-corrected chi connectivity index (χ0v) is 14.8. The van der Waals surface area contributed by atoms with E-state index >= 15 is 0 Å². The van der Waals surface area contributed by atoms with E-state index in [-0.39, 0.29) is 18.6 Å². The van der Waals surface area contributed by atoms with Gasteiger partial charge in [0, 0.05) is 0 Å². The van der Waals surface area contributed by atoms with Gasteiger partial charge in [0.05, 0.1) is 25.6 Å². The molecule has 7 heteroatoms. The number of carbonyl (C=O) groups excluding carboxylic acids is 2. The maximum Gasteiger partial charge on any atom is 0.319 e. The first kappa shape index (κ1) is 17.6. The summed E-state index contributed by atoms with van der Waals surface area (Å²) in [6.07, 6.45) is -1.73. The van der Waals surface area contributed by atoms with E-state index in [0.717, 1.165) is 5.56 Å². The fourth-order valence-corrected chi connectivity index (χ4v) is 3.78. The van der Waals surface area contributed by atoms with Crippen LogP contribution in [0.1, 0.15) is 25.8 Å². The summed E-state index contributed by atoms with van der Waals surface area (Å²) in [5.74, 6) is -2.52. The molecule has 0 N–H and O–H groups in total. The van der Waals surface area contributed by atoms with E-state index in [1.54, 1.807) is 0 Å². The van der Waals surface area contributed by atoms with Crippen LogP contribution in [-0.4, -0.2) is 48.7 Å². The molecule has 1 unspecified atom stereocenters. The van der Waals surface area contributed by atoms with Gasteiger partial charge in [0.25, 0.3) is 0 Å². The van der Waals surface area contributed by atoms with Gasteiger partial charge in [-0.05, 0) is 19.4 Å². The molecule has 5 atom stereocenters. The Balaban J connectivity index is 1.43. The molecule has 3 saturated heterocycles. The molecule has 3 aliphatic heterocycles. The smallest absolute Gasteiger partial charge is 0.319 e. The molecule has 0 aliphatic carbocycles. The zero-order valence-electron chi connectivity index (χ0n) is 14.8. The summed E-state index contributed by atoms with van der Waals surface area (Å²) >= 11 is 0. The van der Waals surface area contributed by atoms with Crippen molar-refractivity contribution < 1.29 is 33.3 Å². The number of benzene rings is 1. The van der Waals surface area contributed by atoms with Gasteiger partial charge in [-0.25, -0.2) is 0 Å². The van der Waals surface area contributed by atoms with Gasteiger partial charge >= 0.3 is 11.9 Å². The van der Waals surface area contributed by atoms with Crippen LogP contribution in [0, 0.1) is 5.92 Å². The lowest BCUT2D eigenvalue weighted by molar-refractivity contribution is -0.199. The molecule has 3 aliphatic rings. The van der Waals surface area contributed by atoms with Crippen LogP contribution in [-0.2, 0) is 39.9 Å². The van der Waals surface area contributed by atoms with Crippen LogP contribution in [0.5, 0.6) is 0 Å². The van der Waals surface area contributed by atoms with Crippen LogP contribution >= 0.6 is 0 Å². The Bertz CT molecular complexity index is 686. The summed E-state index contributed by atoms with van der Waals surface area (Å²) in [4.78, 5) is 23.4. The first-order chi connectivity index (χ1) is 12.4. The Morgan fingerprint density at radius 3 is 2.50 bits per heavy atom. The quantitative estimate of drug-likeness (QED) is 0.581. The maximum absolute atomic E-state index is 12.0. The van der Waals surface area contributed by atoms with Crippen LogP contribution in [0.4, 0.5) is 0 Å². The number of cyclic esters (lactones) is 2. The second-order valence-electron chi connectivity index (χ2n) is 7.31. The minimum absolute atomic E-state index is 0.00804. The van der Waals surface area contributed by atoms with Gasteiger partial charge < -0.3 is 23.7 Å². The van der Waals surface area contributed by atoms with Crippen LogP contribution < -0.4 is 0 Å². The highest BCUT2D eigenvalue weighted by atomic mass is 16.8. The zero-order chi connectivity index (χ0) is 18.3. The average molecular weight is 362 g/mol. The highest BCUT2D eigenvalue weighted by Gasteiger charge is 2.59. The van der Waals surface area contributed by atoms with Gasteiger partial charge in [0.2, 0.25) is 0 Å². The van der Waals surface area contributed by atoms with Crippen LogP contribution in [0.15, 0.2) is 30.3 Å². The molecule has 1 aromatic rings. The number of rotatable bonds is 5. The van der Waals surface area contributed by atoms with Crippen molar-refractivity contribution in [3.63, 3.8) is 0 Å². The molecule has 140 valence electrons. The molecule has 0 aromatic heterocycles. The topological polar surface area (TPSA) is 80.3 Å². The van der Waals surface area contributed by atoms with Crippen LogP contribution in [0.3, 0.4) is 0 Å². The number of hydrogen-bond acceptors (Lipinski definition) is 7. The normalized spacial score (nSPS) is 35.5. The van der Waals surface area contributed by atoms with E-state index in [1.807, 2.05) is 44.2 Å². The van der Waals surface area contributed by atoms with Gasteiger partial charge in [0.15, 0.2) is 5.79 Å². The highest BCUT2D eigenvalue weighted by molar-refractivity contribution is 5.95. The van der Waals surface area contributed by atoms with Crippen molar-refractivity contribution in [1.29, 1.82) is 0 Å². The number of ether oxygens (including phenoxy) is 5. The minimum Gasteiger partial charge on any atom is -0.393 e. The third kappa shape index (κ3) is 3.40. The van der Waals surface area contributed by atoms with Crippen LogP contribution in [0.25, 0.3) is 0 Å². The monoisotopic (exact) mass is 362 g/mol. The minimum atomic E-state index is -0.776. The van der Waals surface area contributed by atoms with E-state index < -0.39 is 35.9 Å². The molecule has 26 heavy (non-hydrogen) atoms. The second-order valence-corrected chi connectivity index (χ2v) is 7.31. The Morgan fingerprint density at radius 1 is 1.08 bits per heavy atom. The number of hydrogen-bond donors (Lipinski definition) is 0. The summed E-state index contributed by atoms with van der Waals surface area (Å²) in [5, 5.41) is 0. The predicted molar refractivity (Wildman–Crippen MR) is 87.8 cm³/mol. The fraction of sp³-hybridized carbons (Fsp3) is 0.579. The third-order valence-corrected chi connectivity index (χ3v) is 4.88. The molecule has 3 heterocycles. The average Bonchev–Trinajstić information content (AvgIpc) is 3.19. The molecule has 4 rings (SSSR count). The van der Waals surface area contributed by atoms with Crippen molar-refractivity contribution in [2.75, 3.05) is 6.61 Å². The van der Waals surface area contributed by atoms with E-state index in [9.17, 15) is 9.59 Å². The van der Waals surface area contributed by atoms with Crippen molar-refractivity contribution in [3.05, 3.63) is 35.9 Å². The molecule has 0 saturated carbocycles. The molecule has 3 fully saturated rings. The van der Waals surface area contributed by atoms with Crippen LogP contribution in [0.2, 0.25) is 0 Å². The fourth-order valence-electron chi connectivity index (χ4n) is 3.78. The lowest BCUT2D eigenvalue weighted by Gasteiger charge is -2.25. The Hall–Kier alpha value is -1.80. The number of fused-ring (bicyclic) bond motifs is 1. The van der Waals surface area contributed by atoms with Gasteiger partial charge in [-0.1, -0.05) is 30.3 Å². The van der Waals surface area contributed by atoms with E-state index in [2.05, 4.69) is 4.74 Å². The van der Waals surface area contributed by atoms with Gasteiger partial charge in [-0.15, -0.1) is 0 Å². The van der Waals surface area contributed by atoms with Gasteiger partial charge in [-0.3, -0.25) is 9.59 Å².